The number of rotatable bonds is 2. The molecule has 1 aromatic heterocycles. The van der Waals surface area contributed by atoms with Crippen molar-refractivity contribution in [2.45, 2.75) is 46.3 Å². The Balaban J connectivity index is 1.64. The third-order valence-corrected chi connectivity index (χ3v) is 5.60. The van der Waals surface area contributed by atoms with Crippen molar-refractivity contribution in [1.82, 2.24) is 14.8 Å². The van der Waals surface area contributed by atoms with Crippen molar-refractivity contribution in [2.75, 3.05) is 44.2 Å². The molecule has 3 rings (SSSR count). The fourth-order valence-electron chi connectivity index (χ4n) is 3.05. The van der Waals surface area contributed by atoms with Crippen molar-refractivity contribution in [3.63, 3.8) is 0 Å². The van der Waals surface area contributed by atoms with Gasteiger partial charge in [0.05, 0.1) is 12.2 Å². The number of carbonyl (C=O) groups is 1. The van der Waals surface area contributed by atoms with E-state index in [0.29, 0.717) is 13.1 Å². The predicted molar refractivity (Wildman–Crippen MR) is 96.8 cm³/mol. The molecule has 134 valence electrons. The van der Waals surface area contributed by atoms with Gasteiger partial charge < -0.3 is 19.4 Å². The molecule has 0 radical (unpaired) electrons. The van der Waals surface area contributed by atoms with Crippen molar-refractivity contribution in [2.24, 2.45) is 0 Å². The number of thiazole rings is 1. The van der Waals surface area contributed by atoms with E-state index in [1.165, 1.54) is 4.88 Å². The molecule has 0 saturated carbocycles. The second kappa shape index (κ2) is 6.88. The zero-order valence-corrected chi connectivity index (χ0v) is 16.0. The van der Waals surface area contributed by atoms with E-state index in [9.17, 15) is 4.79 Å². The maximum atomic E-state index is 12.3. The molecule has 1 amide bonds. The van der Waals surface area contributed by atoms with Gasteiger partial charge in [0.1, 0.15) is 5.60 Å². The Hall–Kier alpha value is -1.34. The highest BCUT2D eigenvalue weighted by Gasteiger charge is 2.29. The van der Waals surface area contributed by atoms with Crippen LogP contribution >= 0.6 is 11.3 Å². The minimum atomic E-state index is -0.449. The van der Waals surface area contributed by atoms with Crippen LogP contribution in [0, 0.1) is 0 Å². The maximum absolute atomic E-state index is 12.3. The standard InChI is InChI=1S/C17H28N4O2S/c1-5-19-8-10-20(11-9-19)15-18-13-6-7-21(12-14(13)24-15)16(22)23-17(2,3)4/h5-12H2,1-4H3. The summed E-state index contributed by atoms with van der Waals surface area (Å²) in [6, 6.07) is 0. The summed E-state index contributed by atoms with van der Waals surface area (Å²) in [7, 11) is 0. The Kier molecular flexibility index (Phi) is 5.01. The number of ether oxygens (including phenoxy) is 1. The highest BCUT2D eigenvalue weighted by Crippen LogP contribution is 2.31. The van der Waals surface area contributed by atoms with Gasteiger partial charge in [0.25, 0.3) is 0 Å². The van der Waals surface area contributed by atoms with Gasteiger partial charge in [0.15, 0.2) is 5.13 Å². The number of piperazine rings is 1. The first kappa shape index (κ1) is 17.5. The SMILES string of the molecule is CCN1CCN(c2nc3c(s2)CN(C(=O)OC(C)(C)C)CC3)CC1. The first-order chi connectivity index (χ1) is 11.4. The van der Waals surface area contributed by atoms with Gasteiger partial charge >= 0.3 is 6.09 Å². The minimum absolute atomic E-state index is 0.223. The lowest BCUT2D eigenvalue weighted by Crippen LogP contribution is -2.46. The van der Waals surface area contributed by atoms with E-state index in [1.807, 2.05) is 20.8 Å². The highest BCUT2D eigenvalue weighted by atomic mass is 32.1. The Morgan fingerprint density at radius 2 is 1.92 bits per heavy atom. The molecule has 0 atom stereocenters. The monoisotopic (exact) mass is 352 g/mol. The third kappa shape index (κ3) is 4.00. The van der Waals surface area contributed by atoms with Crippen molar-refractivity contribution >= 4 is 22.6 Å². The Bertz CT molecular complexity index is 588. The smallest absolute Gasteiger partial charge is 0.410 e. The number of aromatic nitrogens is 1. The fraction of sp³-hybridized carbons (Fsp3) is 0.765. The lowest BCUT2D eigenvalue weighted by atomic mass is 10.2. The van der Waals surface area contributed by atoms with Crippen molar-refractivity contribution in [3.8, 4) is 0 Å². The van der Waals surface area contributed by atoms with E-state index in [4.69, 9.17) is 9.72 Å². The topological polar surface area (TPSA) is 48.9 Å². The lowest BCUT2D eigenvalue weighted by Gasteiger charge is -2.33. The molecule has 1 aromatic rings. The van der Waals surface area contributed by atoms with E-state index in [2.05, 4.69) is 16.7 Å². The largest absolute Gasteiger partial charge is 0.444 e. The Morgan fingerprint density at radius 3 is 2.54 bits per heavy atom. The van der Waals surface area contributed by atoms with Crippen LogP contribution in [0.5, 0.6) is 0 Å². The van der Waals surface area contributed by atoms with Gasteiger partial charge in [-0.3, -0.25) is 0 Å². The van der Waals surface area contributed by atoms with E-state index < -0.39 is 5.60 Å². The molecular formula is C17H28N4O2S. The normalized spacial score (nSPS) is 19.3. The van der Waals surface area contributed by atoms with Gasteiger partial charge in [-0.1, -0.05) is 18.3 Å². The van der Waals surface area contributed by atoms with Gasteiger partial charge in [-0.2, -0.15) is 0 Å². The second-order valence-electron chi connectivity index (χ2n) is 7.44. The van der Waals surface area contributed by atoms with E-state index in [-0.39, 0.29) is 6.09 Å². The van der Waals surface area contributed by atoms with Gasteiger partial charge in [-0.25, -0.2) is 9.78 Å². The molecule has 0 unspecified atom stereocenters. The Morgan fingerprint density at radius 1 is 1.21 bits per heavy atom. The fourth-order valence-corrected chi connectivity index (χ4v) is 4.23. The zero-order valence-electron chi connectivity index (χ0n) is 15.2. The average molecular weight is 353 g/mol. The summed E-state index contributed by atoms with van der Waals surface area (Å²) in [5.41, 5.74) is 0.711. The molecule has 1 saturated heterocycles. The molecule has 0 aromatic carbocycles. The molecular weight excluding hydrogens is 324 g/mol. The zero-order chi connectivity index (χ0) is 17.3. The summed E-state index contributed by atoms with van der Waals surface area (Å²) in [6.07, 6.45) is 0.597. The number of likely N-dealkylation sites (N-methyl/N-ethyl adjacent to an activating group) is 1. The summed E-state index contributed by atoms with van der Waals surface area (Å²) < 4.78 is 5.49. The van der Waals surface area contributed by atoms with Crippen LogP contribution in [0.2, 0.25) is 0 Å². The number of nitrogens with zero attached hydrogens (tertiary/aromatic N) is 4. The summed E-state index contributed by atoms with van der Waals surface area (Å²) in [5, 5.41) is 1.11. The average Bonchev–Trinajstić information content (AvgIpc) is 2.96. The van der Waals surface area contributed by atoms with Crippen LogP contribution in [0.4, 0.5) is 9.93 Å². The van der Waals surface area contributed by atoms with Crippen LogP contribution in [-0.2, 0) is 17.7 Å². The molecule has 3 heterocycles. The van der Waals surface area contributed by atoms with Crippen molar-refractivity contribution in [1.29, 1.82) is 0 Å². The molecule has 7 heteroatoms. The summed E-state index contributed by atoms with van der Waals surface area (Å²) in [4.78, 5) is 25.0. The first-order valence-corrected chi connectivity index (χ1v) is 9.61. The molecule has 0 bridgehead atoms. The minimum Gasteiger partial charge on any atom is -0.444 e. The van der Waals surface area contributed by atoms with Gasteiger partial charge in [-0.05, 0) is 27.3 Å². The van der Waals surface area contributed by atoms with Gasteiger partial charge in [0.2, 0.25) is 0 Å². The predicted octanol–water partition coefficient (Wildman–Crippen LogP) is 2.58. The molecule has 1 fully saturated rings. The highest BCUT2D eigenvalue weighted by molar-refractivity contribution is 7.15. The molecule has 24 heavy (non-hydrogen) atoms. The third-order valence-electron chi connectivity index (χ3n) is 4.46. The number of amides is 1. The molecule has 2 aliphatic heterocycles. The van der Waals surface area contributed by atoms with Gasteiger partial charge in [-0.15, -0.1) is 0 Å². The van der Waals surface area contributed by atoms with E-state index in [0.717, 1.165) is 50.0 Å². The van der Waals surface area contributed by atoms with E-state index in [1.54, 1.807) is 16.2 Å². The number of hydrogen-bond donors (Lipinski definition) is 0. The maximum Gasteiger partial charge on any atom is 0.410 e. The summed E-state index contributed by atoms with van der Waals surface area (Å²) >= 11 is 1.74. The van der Waals surface area contributed by atoms with Gasteiger partial charge in [0, 0.05) is 44.0 Å². The molecule has 2 aliphatic rings. The van der Waals surface area contributed by atoms with Crippen LogP contribution in [-0.4, -0.2) is 65.7 Å². The quantitative estimate of drug-likeness (QED) is 0.819. The van der Waals surface area contributed by atoms with Crippen molar-refractivity contribution < 1.29 is 9.53 Å². The molecule has 6 nitrogen and oxygen atoms in total. The van der Waals surface area contributed by atoms with Crippen LogP contribution < -0.4 is 4.90 Å². The summed E-state index contributed by atoms with van der Waals surface area (Å²) in [6.45, 7) is 14.6. The second-order valence-corrected chi connectivity index (χ2v) is 8.50. The van der Waals surface area contributed by atoms with E-state index >= 15 is 0 Å². The van der Waals surface area contributed by atoms with Crippen LogP contribution in [0.1, 0.15) is 38.3 Å². The number of fused-ring (bicyclic) bond motifs is 1. The van der Waals surface area contributed by atoms with Crippen LogP contribution in [0.3, 0.4) is 0 Å². The van der Waals surface area contributed by atoms with Crippen LogP contribution in [0.25, 0.3) is 0 Å². The van der Waals surface area contributed by atoms with Crippen LogP contribution in [0.15, 0.2) is 0 Å². The lowest BCUT2D eigenvalue weighted by molar-refractivity contribution is 0.0225. The molecule has 0 spiro atoms. The number of anilines is 1. The van der Waals surface area contributed by atoms with Crippen molar-refractivity contribution in [3.05, 3.63) is 10.6 Å². The Labute approximate surface area is 148 Å². The summed E-state index contributed by atoms with van der Waals surface area (Å²) in [5.74, 6) is 0. The molecule has 0 aliphatic carbocycles. The first-order valence-electron chi connectivity index (χ1n) is 8.79. The molecule has 0 N–H and O–H groups in total. The number of carbonyl (C=O) groups excluding carboxylic acids is 1. The number of hydrogen-bond acceptors (Lipinski definition) is 6.